The van der Waals surface area contributed by atoms with Crippen molar-refractivity contribution in [2.75, 3.05) is 6.61 Å². The Bertz CT molecular complexity index is 470. The Labute approximate surface area is 106 Å². The second-order valence-corrected chi connectivity index (χ2v) is 4.52. The summed E-state index contributed by atoms with van der Waals surface area (Å²) in [4.78, 5) is 23.4. The number of ether oxygens (including phenoxy) is 1. The van der Waals surface area contributed by atoms with Gasteiger partial charge in [-0.2, -0.15) is 0 Å². The van der Waals surface area contributed by atoms with Crippen LogP contribution in [0.3, 0.4) is 0 Å². The molecule has 0 unspecified atom stereocenters. The Balaban J connectivity index is 2.11. The Hall–Kier alpha value is -1.84. The third-order valence-electron chi connectivity index (χ3n) is 3.12. The molecule has 96 valence electrons. The molecule has 0 radical (unpaired) electrons. The lowest BCUT2D eigenvalue weighted by atomic mass is 9.99. The number of hydrogen-bond donors (Lipinski definition) is 1. The first-order valence-corrected chi connectivity index (χ1v) is 6.15. The number of rotatable bonds is 3. The molecule has 18 heavy (non-hydrogen) atoms. The van der Waals surface area contributed by atoms with Crippen molar-refractivity contribution in [1.82, 2.24) is 5.32 Å². The normalized spacial score (nSPS) is 22.7. The molecule has 0 aliphatic carbocycles. The van der Waals surface area contributed by atoms with Gasteiger partial charge in [0, 0.05) is 0 Å². The fraction of sp³-hybridized carbons (Fsp3) is 0.429. The molecule has 1 N–H and O–H groups in total. The molecule has 1 saturated heterocycles. The standard InChI is InChI=1S/C14H17NO3/c1-3-18-14(17)11-8-12(15-13(11)16)10-6-4-5-9(2)7-10/h4-7,11-12H,3,8H2,1-2H3,(H,15,16)/t11-,12-/m0/s1. The van der Waals surface area contributed by atoms with E-state index in [1.807, 2.05) is 31.2 Å². The number of esters is 1. The predicted octanol–water partition coefficient (Wildman–Crippen LogP) is 1.74. The first kappa shape index (κ1) is 12.6. The highest BCUT2D eigenvalue weighted by Crippen LogP contribution is 2.29. The van der Waals surface area contributed by atoms with E-state index in [0.29, 0.717) is 13.0 Å². The van der Waals surface area contributed by atoms with Gasteiger partial charge in [-0.05, 0) is 25.8 Å². The Morgan fingerprint density at radius 1 is 1.50 bits per heavy atom. The van der Waals surface area contributed by atoms with Gasteiger partial charge < -0.3 is 10.1 Å². The van der Waals surface area contributed by atoms with Crippen LogP contribution in [0.1, 0.15) is 30.5 Å². The van der Waals surface area contributed by atoms with Gasteiger partial charge >= 0.3 is 5.97 Å². The molecule has 4 heteroatoms. The van der Waals surface area contributed by atoms with Crippen molar-refractivity contribution in [3.63, 3.8) is 0 Å². The Morgan fingerprint density at radius 2 is 2.28 bits per heavy atom. The van der Waals surface area contributed by atoms with Crippen LogP contribution in [0.15, 0.2) is 24.3 Å². The lowest BCUT2D eigenvalue weighted by Gasteiger charge is -2.10. The van der Waals surface area contributed by atoms with Crippen molar-refractivity contribution in [2.24, 2.45) is 5.92 Å². The maximum Gasteiger partial charge on any atom is 0.318 e. The van der Waals surface area contributed by atoms with Crippen LogP contribution >= 0.6 is 0 Å². The van der Waals surface area contributed by atoms with Crippen molar-refractivity contribution in [2.45, 2.75) is 26.3 Å². The summed E-state index contributed by atoms with van der Waals surface area (Å²) in [5.41, 5.74) is 2.18. The summed E-state index contributed by atoms with van der Waals surface area (Å²) in [6, 6.07) is 7.86. The van der Waals surface area contributed by atoms with E-state index in [9.17, 15) is 9.59 Å². The molecule has 1 heterocycles. The molecular weight excluding hydrogens is 230 g/mol. The molecule has 1 aromatic carbocycles. The fourth-order valence-electron chi connectivity index (χ4n) is 2.23. The second kappa shape index (κ2) is 5.21. The third kappa shape index (κ3) is 2.53. The van der Waals surface area contributed by atoms with Crippen LogP contribution in [0.2, 0.25) is 0 Å². The van der Waals surface area contributed by atoms with E-state index in [2.05, 4.69) is 5.32 Å². The highest BCUT2D eigenvalue weighted by Gasteiger charge is 2.38. The largest absolute Gasteiger partial charge is 0.465 e. The summed E-state index contributed by atoms with van der Waals surface area (Å²) in [6.07, 6.45) is 0.473. The molecule has 1 aliphatic heterocycles. The van der Waals surface area contributed by atoms with Crippen molar-refractivity contribution >= 4 is 11.9 Å². The fourth-order valence-corrected chi connectivity index (χ4v) is 2.23. The van der Waals surface area contributed by atoms with Gasteiger partial charge in [0.2, 0.25) is 5.91 Å². The molecule has 0 bridgehead atoms. The van der Waals surface area contributed by atoms with E-state index >= 15 is 0 Å². The van der Waals surface area contributed by atoms with Gasteiger partial charge in [-0.25, -0.2) is 0 Å². The molecule has 1 amide bonds. The quantitative estimate of drug-likeness (QED) is 0.653. The molecule has 2 atom stereocenters. The number of carbonyl (C=O) groups is 2. The average molecular weight is 247 g/mol. The average Bonchev–Trinajstić information content (AvgIpc) is 2.72. The summed E-state index contributed by atoms with van der Waals surface area (Å²) in [6.45, 7) is 4.05. The molecule has 1 aromatic rings. The monoisotopic (exact) mass is 247 g/mol. The SMILES string of the molecule is CCOC(=O)[C@H]1C[C@@H](c2cccc(C)c2)NC1=O. The summed E-state index contributed by atoms with van der Waals surface area (Å²) in [7, 11) is 0. The van der Waals surface area contributed by atoms with Gasteiger partial charge in [-0.1, -0.05) is 29.8 Å². The Morgan fingerprint density at radius 3 is 2.94 bits per heavy atom. The van der Waals surface area contributed by atoms with E-state index in [1.165, 1.54) is 0 Å². The van der Waals surface area contributed by atoms with Crippen LogP contribution in [-0.4, -0.2) is 18.5 Å². The molecule has 0 saturated carbocycles. The van der Waals surface area contributed by atoms with Gasteiger partial charge in [0.25, 0.3) is 0 Å². The van der Waals surface area contributed by atoms with E-state index in [0.717, 1.165) is 11.1 Å². The summed E-state index contributed by atoms with van der Waals surface area (Å²) in [5.74, 6) is -1.33. The molecule has 0 aromatic heterocycles. The van der Waals surface area contributed by atoms with Crippen molar-refractivity contribution in [3.05, 3.63) is 35.4 Å². The van der Waals surface area contributed by atoms with Gasteiger partial charge in [0.1, 0.15) is 5.92 Å². The van der Waals surface area contributed by atoms with Crippen molar-refractivity contribution in [1.29, 1.82) is 0 Å². The Kier molecular flexibility index (Phi) is 3.65. The van der Waals surface area contributed by atoms with E-state index in [4.69, 9.17) is 4.74 Å². The minimum Gasteiger partial charge on any atom is -0.465 e. The first-order chi connectivity index (χ1) is 8.61. The topological polar surface area (TPSA) is 55.4 Å². The highest BCUT2D eigenvalue weighted by molar-refractivity contribution is 5.99. The first-order valence-electron chi connectivity index (χ1n) is 6.15. The minimum atomic E-state index is -0.671. The number of carbonyl (C=O) groups excluding carboxylic acids is 2. The zero-order chi connectivity index (χ0) is 13.1. The van der Waals surface area contributed by atoms with Gasteiger partial charge in [0.15, 0.2) is 0 Å². The number of hydrogen-bond acceptors (Lipinski definition) is 3. The van der Waals surface area contributed by atoms with E-state index in [1.54, 1.807) is 6.92 Å². The minimum absolute atomic E-state index is 0.0909. The molecule has 1 aliphatic rings. The van der Waals surface area contributed by atoms with Crippen LogP contribution < -0.4 is 5.32 Å². The maximum absolute atomic E-state index is 11.7. The van der Waals surface area contributed by atoms with E-state index in [-0.39, 0.29) is 11.9 Å². The van der Waals surface area contributed by atoms with E-state index < -0.39 is 11.9 Å². The summed E-state index contributed by atoms with van der Waals surface area (Å²) in [5, 5.41) is 2.85. The zero-order valence-electron chi connectivity index (χ0n) is 10.6. The van der Waals surface area contributed by atoms with Crippen LogP contribution in [-0.2, 0) is 14.3 Å². The third-order valence-corrected chi connectivity index (χ3v) is 3.12. The number of nitrogens with one attached hydrogen (secondary N) is 1. The molecule has 1 fully saturated rings. The number of amides is 1. The maximum atomic E-state index is 11.7. The van der Waals surface area contributed by atoms with Crippen LogP contribution in [0.25, 0.3) is 0 Å². The molecule has 4 nitrogen and oxygen atoms in total. The summed E-state index contributed by atoms with van der Waals surface area (Å²) >= 11 is 0. The predicted molar refractivity (Wildman–Crippen MR) is 66.8 cm³/mol. The van der Waals surface area contributed by atoms with Crippen molar-refractivity contribution in [3.8, 4) is 0 Å². The molecule has 2 rings (SSSR count). The van der Waals surface area contributed by atoms with Gasteiger partial charge in [0.05, 0.1) is 12.6 Å². The lowest BCUT2D eigenvalue weighted by molar-refractivity contribution is -0.150. The number of aryl methyl sites for hydroxylation is 1. The highest BCUT2D eigenvalue weighted by atomic mass is 16.5. The molecule has 0 spiro atoms. The molecular formula is C14H17NO3. The zero-order valence-corrected chi connectivity index (χ0v) is 10.6. The van der Waals surface area contributed by atoms with Crippen molar-refractivity contribution < 1.29 is 14.3 Å². The van der Waals surface area contributed by atoms with Crippen LogP contribution in [0, 0.1) is 12.8 Å². The lowest BCUT2D eigenvalue weighted by Crippen LogP contribution is -2.27. The summed E-state index contributed by atoms with van der Waals surface area (Å²) < 4.78 is 4.90. The smallest absolute Gasteiger partial charge is 0.318 e. The van der Waals surface area contributed by atoms with Crippen LogP contribution in [0.5, 0.6) is 0 Å². The van der Waals surface area contributed by atoms with Gasteiger partial charge in [-0.3, -0.25) is 9.59 Å². The second-order valence-electron chi connectivity index (χ2n) is 4.52. The van der Waals surface area contributed by atoms with Gasteiger partial charge in [-0.15, -0.1) is 0 Å². The van der Waals surface area contributed by atoms with Crippen LogP contribution in [0.4, 0.5) is 0 Å². The number of benzene rings is 1.